The van der Waals surface area contributed by atoms with E-state index in [1.165, 1.54) is 5.57 Å². The van der Waals surface area contributed by atoms with Crippen molar-refractivity contribution >= 4 is 17.7 Å². The van der Waals surface area contributed by atoms with Gasteiger partial charge in [-0.15, -0.1) is 0 Å². The highest BCUT2D eigenvalue weighted by Gasteiger charge is 2.59. The van der Waals surface area contributed by atoms with Gasteiger partial charge in [0.2, 0.25) is 0 Å². The summed E-state index contributed by atoms with van der Waals surface area (Å²) in [6, 6.07) is 0. The van der Waals surface area contributed by atoms with Crippen LogP contribution in [-0.4, -0.2) is 28.9 Å². The van der Waals surface area contributed by atoms with Gasteiger partial charge >= 0.3 is 11.9 Å². The fraction of sp³-hybridized carbons (Fsp3) is 0.783. The molecule has 0 radical (unpaired) electrons. The van der Waals surface area contributed by atoms with Crippen LogP contribution in [0.2, 0.25) is 0 Å². The Morgan fingerprint density at radius 1 is 1.07 bits per heavy atom. The van der Waals surface area contributed by atoms with Gasteiger partial charge in [0.25, 0.3) is 0 Å². The Kier molecular flexibility index (Phi) is 4.91. The average molecular weight is 389 g/mol. The van der Waals surface area contributed by atoms with E-state index in [1.807, 2.05) is 6.08 Å². The van der Waals surface area contributed by atoms with Gasteiger partial charge in [0.15, 0.2) is 5.78 Å². The number of allylic oxidation sites excluding steroid dienone is 1. The molecule has 0 amide bonds. The van der Waals surface area contributed by atoms with E-state index in [0.717, 1.165) is 44.9 Å². The summed E-state index contributed by atoms with van der Waals surface area (Å²) in [5.41, 5.74) is 1.54. The fourth-order valence-corrected chi connectivity index (χ4v) is 7.13. The van der Waals surface area contributed by atoms with Gasteiger partial charge in [-0.25, -0.2) is 0 Å². The number of carboxylic acids is 1. The Bertz CT molecular complexity index is 725. The van der Waals surface area contributed by atoms with Gasteiger partial charge in [-0.2, -0.15) is 0 Å². The summed E-state index contributed by atoms with van der Waals surface area (Å²) >= 11 is 0. The Hall–Kier alpha value is -1.65. The van der Waals surface area contributed by atoms with Crippen LogP contribution in [0.5, 0.6) is 0 Å². The smallest absolute Gasteiger partial charge is 0.306 e. The van der Waals surface area contributed by atoms with Gasteiger partial charge in [-0.3, -0.25) is 14.4 Å². The molecule has 6 atom stereocenters. The number of rotatable bonds is 4. The molecular formula is C23H32O5. The molecule has 0 aromatic carbocycles. The lowest BCUT2D eigenvalue weighted by atomic mass is 9.47. The highest BCUT2D eigenvalue weighted by atomic mass is 16.5. The minimum Gasteiger partial charge on any atom is -0.481 e. The lowest BCUT2D eigenvalue weighted by Gasteiger charge is -2.57. The molecule has 0 saturated heterocycles. The summed E-state index contributed by atoms with van der Waals surface area (Å²) in [4.78, 5) is 34.8. The zero-order chi connectivity index (χ0) is 20.1. The number of carbonyl (C=O) groups excluding carboxylic acids is 2. The molecule has 3 fully saturated rings. The molecule has 0 aliphatic heterocycles. The number of ketones is 1. The van der Waals surface area contributed by atoms with Crippen molar-refractivity contribution < 1.29 is 24.2 Å². The maximum atomic E-state index is 12.1. The van der Waals surface area contributed by atoms with Gasteiger partial charge in [0.1, 0.15) is 6.10 Å². The molecule has 0 aromatic rings. The third-order valence-corrected chi connectivity index (χ3v) is 8.69. The number of ether oxygens (including phenoxy) is 1. The van der Waals surface area contributed by atoms with Gasteiger partial charge in [0.05, 0.1) is 12.8 Å². The minimum atomic E-state index is -0.960. The molecule has 0 bridgehead atoms. The van der Waals surface area contributed by atoms with E-state index in [4.69, 9.17) is 9.84 Å². The second-order valence-corrected chi connectivity index (χ2v) is 9.96. The van der Waals surface area contributed by atoms with Crippen LogP contribution in [0.1, 0.15) is 78.1 Å². The second kappa shape index (κ2) is 7.00. The molecule has 28 heavy (non-hydrogen) atoms. The van der Waals surface area contributed by atoms with Crippen LogP contribution in [0, 0.1) is 28.6 Å². The molecule has 4 rings (SSSR count). The Balaban J connectivity index is 1.49. The van der Waals surface area contributed by atoms with Crippen LogP contribution in [0.15, 0.2) is 11.6 Å². The highest BCUT2D eigenvalue weighted by molar-refractivity contribution is 5.91. The third-order valence-electron chi connectivity index (χ3n) is 8.69. The predicted molar refractivity (Wildman–Crippen MR) is 103 cm³/mol. The molecule has 3 saturated carbocycles. The third kappa shape index (κ3) is 3.11. The van der Waals surface area contributed by atoms with E-state index in [-0.39, 0.29) is 35.7 Å². The summed E-state index contributed by atoms with van der Waals surface area (Å²) in [6.45, 7) is 4.66. The number of carboxylic acid groups (broad SMARTS) is 1. The Labute approximate surface area is 166 Å². The summed E-state index contributed by atoms with van der Waals surface area (Å²) in [6.07, 6.45) is 9.62. The van der Waals surface area contributed by atoms with Crippen LogP contribution in [0.25, 0.3) is 0 Å². The molecule has 154 valence electrons. The van der Waals surface area contributed by atoms with E-state index >= 15 is 0 Å². The molecule has 0 unspecified atom stereocenters. The van der Waals surface area contributed by atoms with Crippen LogP contribution in [0.4, 0.5) is 0 Å². The predicted octanol–water partition coefficient (Wildman–Crippen LogP) is 4.29. The van der Waals surface area contributed by atoms with Crippen molar-refractivity contribution in [2.75, 3.05) is 0 Å². The van der Waals surface area contributed by atoms with Crippen molar-refractivity contribution in [3.8, 4) is 0 Å². The topological polar surface area (TPSA) is 80.7 Å². The van der Waals surface area contributed by atoms with Crippen LogP contribution in [-0.2, 0) is 19.1 Å². The molecule has 0 spiro atoms. The van der Waals surface area contributed by atoms with E-state index in [9.17, 15) is 14.4 Å². The fourth-order valence-electron chi connectivity index (χ4n) is 7.13. The van der Waals surface area contributed by atoms with Gasteiger partial charge < -0.3 is 9.84 Å². The number of carbonyl (C=O) groups is 3. The molecule has 1 N–H and O–H groups in total. The van der Waals surface area contributed by atoms with Gasteiger partial charge in [-0.05, 0) is 74.2 Å². The van der Waals surface area contributed by atoms with E-state index in [1.54, 1.807) is 0 Å². The number of esters is 1. The second-order valence-electron chi connectivity index (χ2n) is 9.96. The first-order valence-corrected chi connectivity index (χ1v) is 10.9. The first-order chi connectivity index (χ1) is 13.2. The van der Waals surface area contributed by atoms with Crippen molar-refractivity contribution in [2.24, 2.45) is 28.6 Å². The highest BCUT2D eigenvalue weighted by Crippen LogP contribution is 2.65. The summed E-state index contributed by atoms with van der Waals surface area (Å²) in [7, 11) is 0. The van der Waals surface area contributed by atoms with Crippen LogP contribution >= 0.6 is 0 Å². The minimum absolute atomic E-state index is 0.00210. The largest absolute Gasteiger partial charge is 0.481 e. The monoisotopic (exact) mass is 388 g/mol. The number of hydrogen-bond acceptors (Lipinski definition) is 4. The normalized spacial score (nSPS) is 42.1. The summed E-state index contributed by atoms with van der Waals surface area (Å²) in [5.74, 6) is 0.776. The van der Waals surface area contributed by atoms with Crippen molar-refractivity contribution in [1.82, 2.24) is 0 Å². The number of aliphatic carboxylic acids is 1. The van der Waals surface area contributed by atoms with Crippen LogP contribution < -0.4 is 0 Å². The molecule has 0 heterocycles. The van der Waals surface area contributed by atoms with Crippen molar-refractivity contribution in [3.05, 3.63) is 11.6 Å². The molecule has 4 aliphatic carbocycles. The zero-order valence-corrected chi connectivity index (χ0v) is 17.0. The van der Waals surface area contributed by atoms with Crippen molar-refractivity contribution in [3.63, 3.8) is 0 Å². The molecule has 4 aliphatic rings. The zero-order valence-electron chi connectivity index (χ0n) is 17.0. The first kappa shape index (κ1) is 19.7. The molecule has 0 aromatic heterocycles. The number of fused-ring (bicyclic) bond motifs is 5. The maximum absolute atomic E-state index is 12.1. The van der Waals surface area contributed by atoms with E-state index in [0.29, 0.717) is 30.0 Å². The number of hydrogen-bond donors (Lipinski definition) is 1. The molecular weight excluding hydrogens is 356 g/mol. The molecule has 5 nitrogen and oxygen atoms in total. The van der Waals surface area contributed by atoms with Crippen molar-refractivity contribution in [1.29, 1.82) is 0 Å². The molecule has 5 heteroatoms. The van der Waals surface area contributed by atoms with Crippen LogP contribution in [0.3, 0.4) is 0 Å². The quantitative estimate of drug-likeness (QED) is 0.727. The van der Waals surface area contributed by atoms with Gasteiger partial charge in [-0.1, -0.05) is 19.4 Å². The lowest BCUT2D eigenvalue weighted by Crippen LogP contribution is -2.51. The van der Waals surface area contributed by atoms with Gasteiger partial charge in [0, 0.05) is 11.8 Å². The SMILES string of the molecule is C[C@]12CC[C@H]3[C@@H](CCC4=CC(=O)CC[C@@]43C)[C@@H]1CC[C@H]2OC(=O)CCC(=O)O. The maximum Gasteiger partial charge on any atom is 0.306 e. The Morgan fingerprint density at radius 3 is 2.61 bits per heavy atom. The van der Waals surface area contributed by atoms with E-state index in [2.05, 4.69) is 13.8 Å². The average Bonchev–Trinajstić information content (AvgIpc) is 2.97. The lowest BCUT2D eigenvalue weighted by molar-refractivity contribution is -0.161. The Morgan fingerprint density at radius 2 is 1.86 bits per heavy atom. The summed E-state index contributed by atoms with van der Waals surface area (Å²) in [5, 5.41) is 8.79. The first-order valence-electron chi connectivity index (χ1n) is 10.9. The summed E-state index contributed by atoms with van der Waals surface area (Å²) < 4.78 is 5.80. The van der Waals surface area contributed by atoms with Crippen molar-refractivity contribution in [2.45, 2.75) is 84.2 Å². The van der Waals surface area contributed by atoms with E-state index < -0.39 is 5.97 Å². The standard InChI is InChI=1S/C23H32O5/c1-22-11-9-15(24)13-14(22)3-4-16-17-5-6-19(23(17,2)12-10-18(16)22)28-21(27)8-7-20(25)26/h13,16-19H,3-12H2,1-2H3,(H,25,26)/t16-,17-,18-,19+,22-,23-/m0/s1.